The molecule has 0 bridgehead atoms. The summed E-state index contributed by atoms with van der Waals surface area (Å²) in [5.74, 6) is -2.63. The van der Waals surface area contributed by atoms with Crippen LogP contribution in [0.25, 0.3) is 0 Å². The number of carbonyl (C=O) groups is 2. The maximum absolute atomic E-state index is 13.8. The lowest BCUT2D eigenvalue weighted by Gasteiger charge is -2.15. The van der Waals surface area contributed by atoms with Crippen LogP contribution in [0.3, 0.4) is 0 Å². The number of rotatable bonds is 9. The van der Waals surface area contributed by atoms with E-state index in [2.05, 4.69) is 11.9 Å². The average molecular weight is 438 g/mol. The van der Waals surface area contributed by atoms with Crippen LogP contribution >= 0.6 is 0 Å². The number of hydrogen-bond acceptors (Lipinski definition) is 4. The zero-order valence-electron chi connectivity index (χ0n) is 17.0. The predicted molar refractivity (Wildman–Crippen MR) is 115 cm³/mol. The highest BCUT2D eigenvalue weighted by atomic mass is 19.1. The minimum Gasteiger partial charge on any atom is -0.483 e. The Morgan fingerprint density at radius 2 is 1.91 bits per heavy atom. The van der Waals surface area contributed by atoms with Gasteiger partial charge in [0.1, 0.15) is 29.5 Å². The third-order valence-corrected chi connectivity index (χ3v) is 4.64. The van der Waals surface area contributed by atoms with Gasteiger partial charge in [-0.05, 0) is 11.6 Å². The van der Waals surface area contributed by atoms with Gasteiger partial charge < -0.3 is 14.6 Å². The van der Waals surface area contributed by atoms with Crippen LogP contribution in [-0.4, -0.2) is 16.8 Å². The molecule has 6 nitrogen and oxygen atoms in total. The zero-order chi connectivity index (χ0) is 23.1. The van der Waals surface area contributed by atoms with Crippen molar-refractivity contribution in [2.45, 2.75) is 19.7 Å². The van der Waals surface area contributed by atoms with Crippen molar-refractivity contribution in [1.29, 1.82) is 0 Å². The number of nitrogens with one attached hydrogen (secondary N) is 1. The standard InChI is InChI=1S/C24H20F2N2O4/c1-2-10-28-13-19(24(31)27-12-17-8-9-18(25)11-20(17)26)22(30)23(21(28)14-29)32-15-16-6-4-3-5-7-16/h2-9,11,13-14H,1,10,12,15H2,(H,27,31). The SMILES string of the molecule is C=CCn1cc(C(=O)NCc2ccc(F)cc2F)c(=O)c(OCc2ccccc2)c1C=O. The summed E-state index contributed by atoms with van der Waals surface area (Å²) in [6, 6.07) is 12.0. The second-order valence-electron chi connectivity index (χ2n) is 6.84. The Bertz CT molecular complexity index is 1210. The smallest absolute Gasteiger partial charge is 0.257 e. The Kier molecular flexibility index (Phi) is 7.28. The van der Waals surface area contributed by atoms with Crippen molar-refractivity contribution in [3.05, 3.63) is 112 Å². The zero-order valence-corrected chi connectivity index (χ0v) is 17.0. The van der Waals surface area contributed by atoms with Crippen molar-refractivity contribution in [3.8, 4) is 5.75 Å². The summed E-state index contributed by atoms with van der Waals surface area (Å²) in [6.45, 7) is 3.51. The molecular formula is C24H20F2N2O4. The molecule has 0 aliphatic heterocycles. The van der Waals surface area contributed by atoms with Crippen LogP contribution in [0.4, 0.5) is 8.78 Å². The topological polar surface area (TPSA) is 77.4 Å². The first-order valence-corrected chi connectivity index (χ1v) is 9.67. The van der Waals surface area contributed by atoms with Gasteiger partial charge in [-0.25, -0.2) is 8.78 Å². The maximum atomic E-state index is 13.8. The Labute approximate surface area is 182 Å². The Balaban J connectivity index is 1.92. The summed E-state index contributed by atoms with van der Waals surface area (Å²) in [4.78, 5) is 37.4. The molecule has 0 aliphatic carbocycles. The number of carbonyl (C=O) groups excluding carboxylic acids is 2. The van der Waals surface area contributed by atoms with E-state index >= 15 is 0 Å². The predicted octanol–water partition coefficient (Wildman–Crippen LogP) is 3.63. The van der Waals surface area contributed by atoms with Crippen molar-refractivity contribution in [2.75, 3.05) is 0 Å². The molecule has 0 unspecified atom stereocenters. The van der Waals surface area contributed by atoms with Gasteiger partial charge in [0, 0.05) is 30.9 Å². The number of hydrogen-bond donors (Lipinski definition) is 1. The van der Waals surface area contributed by atoms with Crippen molar-refractivity contribution in [3.63, 3.8) is 0 Å². The van der Waals surface area contributed by atoms with E-state index in [1.54, 1.807) is 24.3 Å². The van der Waals surface area contributed by atoms with Gasteiger partial charge in [-0.2, -0.15) is 0 Å². The third kappa shape index (κ3) is 5.15. The van der Waals surface area contributed by atoms with Crippen LogP contribution in [0, 0.1) is 11.6 Å². The summed E-state index contributed by atoms with van der Waals surface area (Å²) in [5.41, 5.74) is -0.285. The molecule has 1 amide bonds. The fraction of sp³-hybridized carbons (Fsp3) is 0.125. The first-order chi connectivity index (χ1) is 15.4. The Hall–Kier alpha value is -4.07. The number of halogens is 2. The Morgan fingerprint density at radius 3 is 2.56 bits per heavy atom. The number of ether oxygens (including phenoxy) is 1. The van der Waals surface area contributed by atoms with Crippen molar-refractivity contribution in [1.82, 2.24) is 9.88 Å². The molecule has 0 radical (unpaired) electrons. The Morgan fingerprint density at radius 1 is 1.16 bits per heavy atom. The highest BCUT2D eigenvalue weighted by Crippen LogP contribution is 2.16. The van der Waals surface area contributed by atoms with Crippen LogP contribution in [0.1, 0.15) is 32.0 Å². The van der Waals surface area contributed by atoms with E-state index in [0.29, 0.717) is 12.4 Å². The van der Waals surface area contributed by atoms with Crippen molar-refractivity contribution in [2.24, 2.45) is 0 Å². The summed E-state index contributed by atoms with van der Waals surface area (Å²) >= 11 is 0. The summed E-state index contributed by atoms with van der Waals surface area (Å²) < 4.78 is 33.9. The molecule has 0 saturated heterocycles. The molecule has 164 valence electrons. The molecule has 3 aromatic rings. The molecule has 0 aliphatic rings. The number of nitrogens with zero attached hydrogens (tertiary/aromatic N) is 1. The lowest BCUT2D eigenvalue weighted by molar-refractivity contribution is 0.0946. The summed E-state index contributed by atoms with van der Waals surface area (Å²) in [7, 11) is 0. The van der Waals surface area contributed by atoms with E-state index in [1.165, 1.54) is 22.9 Å². The third-order valence-electron chi connectivity index (χ3n) is 4.64. The lowest BCUT2D eigenvalue weighted by Crippen LogP contribution is -2.31. The molecule has 0 atom stereocenters. The quantitative estimate of drug-likeness (QED) is 0.409. The second kappa shape index (κ2) is 10.3. The van der Waals surface area contributed by atoms with Gasteiger partial charge in [-0.15, -0.1) is 6.58 Å². The molecule has 32 heavy (non-hydrogen) atoms. The van der Waals surface area contributed by atoms with Crippen LogP contribution in [0.2, 0.25) is 0 Å². The minimum absolute atomic E-state index is 0.0108. The van der Waals surface area contributed by atoms with Crippen molar-refractivity contribution >= 4 is 12.2 Å². The van der Waals surface area contributed by atoms with E-state index in [0.717, 1.165) is 11.6 Å². The fourth-order valence-electron chi connectivity index (χ4n) is 3.03. The number of aromatic nitrogens is 1. The van der Waals surface area contributed by atoms with Crippen molar-refractivity contribution < 1.29 is 23.1 Å². The summed E-state index contributed by atoms with van der Waals surface area (Å²) in [5, 5.41) is 2.44. The summed E-state index contributed by atoms with van der Waals surface area (Å²) in [6.07, 6.45) is 3.19. The van der Waals surface area contributed by atoms with E-state index in [4.69, 9.17) is 4.74 Å². The first-order valence-electron chi connectivity index (χ1n) is 9.67. The van der Waals surface area contributed by atoms with E-state index < -0.39 is 23.0 Å². The molecule has 8 heteroatoms. The largest absolute Gasteiger partial charge is 0.483 e. The highest BCUT2D eigenvalue weighted by molar-refractivity contribution is 5.95. The van der Waals surface area contributed by atoms with E-state index in [-0.39, 0.29) is 42.3 Å². The van der Waals surface area contributed by atoms with Gasteiger partial charge in [-0.1, -0.05) is 42.5 Å². The average Bonchev–Trinajstić information content (AvgIpc) is 2.79. The van der Waals surface area contributed by atoms with Gasteiger partial charge in [-0.3, -0.25) is 14.4 Å². The molecule has 1 N–H and O–H groups in total. The molecular weight excluding hydrogens is 418 g/mol. The van der Waals surface area contributed by atoms with E-state index in [1.807, 2.05) is 6.07 Å². The number of aldehydes is 1. The number of amides is 1. The van der Waals surface area contributed by atoms with Gasteiger partial charge >= 0.3 is 0 Å². The molecule has 0 saturated carbocycles. The van der Waals surface area contributed by atoms with Gasteiger partial charge in [0.05, 0.1) is 0 Å². The van der Waals surface area contributed by atoms with Crippen LogP contribution in [-0.2, 0) is 19.7 Å². The van der Waals surface area contributed by atoms with E-state index in [9.17, 15) is 23.2 Å². The van der Waals surface area contributed by atoms with Crippen LogP contribution < -0.4 is 15.5 Å². The maximum Gasteiger partial charge on any atom is 0.257 e. The molecule has 1 heterocycles. The van der Waals surface area contributed by atoms with Gasteiger partial charge in [0.15, 0.2) is 12.0 Å². The lowest BCUT2D eigenvalue weighted by atomic mass is 10.1. The van der Waals surface area contributed by atoms with Crippen LogP contribution in [0.5, 0.6) is 5.75 Å². The molecule has 0 spiro atoms. The van der Waals surface area contributed by atoms with Crippen LogP contribution in [0.15, 0.2) is 72.2 Å². The monoisotopic (exact) mass is 438 g/mol. The first kappa shape index (κ1) is 22.6. The molecule has 1 aromatic heterocycles. The number of allylic oxidation sites excluding steroid dienone is 1. The molecule has 0 fully saturated rings. The fourth-order valence-corrected chi connectivity index (χ4v) is 3.03. The molecule has 3 rings (SSSR count). The number of pyridine rings is 1. The molecule has 2 aromatic carbocycles. The van der Waals surface area contributed by atoms with Gasteiger partial charge in [0.25, 0.3) is 5.91 Å². The number of benzene rings is 2. The normalized spacial score (nSPS) is 10.4. The van der Waals surface area contributed by atoms with Gasteiger partial charge in [0.2, 0.25) is 5.43 Å². The second-order valence-corrected chi connectivity index (χ2v) is 6.84. The highest BCUT2D eigenvalue weighted by Gasteiger charge is 2.21. The minimum atomic E-state index is -0.822.